The summed E-state index contributed by atoms with van der Waals surface area (Å²) >= 11 is 0. The quantitative estimate of drug-likeness (QED) is 0.614. The maximum absolute atomic E-state index is 12.4. The Morgan fingerprint density at radius 2 is 2.15 bits per heavy atom. The van der Waals surface area contributed by atoms with E-state index >= 15 is 0 Å². The number of para-hydroxylation sites is 1. The van der Waals surface area contributed by atoms with E-state index in [0.29, 0.717) is 17.7 Å². The number of ether oxygens (including phenoxy) is 1. The Bertz CT molecular complexity index is 560. The van der Waals surface area contributed by atoms with E-state index < -0.39 is 12.7 Å². The number of hydrogen-bond donors (Lipinski definition) is 2. The van der Waals surface area contributed by atoms with E-state index in [9.17, 15) is 8.78 Å². The van der Waals surface area contributed by atoms with E-state index in [2.05, 4.69) is 20.5 Å². The number of alkyl halides is 2. The van der Waals surface area contributed by atoms with Gasteiger partial charge in [-0.05, 0) is 6.07 Å². The summed E-state index contributed by atoms with van der Waals surface area (Å²) in [6, 6.07) is 6.11. The van der Waals surface area contributed by atoms with Gasteiger partial charge in [0, 0.05) is 25.2 Å². The van der Waals surface area contributed by atoms with Gasteiger partial charge in [0.1, 0.15) is 5.75 Å². The predicted octanol–water partition coefficient (Wildman–Crippen LogP) is 1.16. The molecule has 1 aromatic carbocycles. The largest absolute Gasteiger partial charge is 0.434 e. The van der Waals surface area contributed by atoms with Gasteiger partial charge in [-0.2, -0.15) is 8.78 Å². The highest BCUT2D eigenvalue weighted by Crippen LogP contribution is 2.27. The number of aryl methyl sites for hydroxylation is 1. The van der Waals surface area contributed by atoms with E-state index in [-0.39, 0.29) is 5.75 Å². The van der Waals surface area contributed by atoms with Gasteiger partial charge in [-0.3, -0.25) is 16.0 Å². The molecule has 3 N–H and O–H groups in total. The zero-order valence-electron chi connectivity index (χ0n) is 10.8. The minimum absolute atomic E-state index is 0.0920. The van der Waals surface area contributed by atoms with Gasteiger partial charge in [0.25, 0.3) is 0 Å². The van der Waals surface area contributed by atoms with Gasteiger partial charge in [0.15, 0.2) is 0 Å². The highest BCUT2D eigenvalue weighted by molar-refractivity contribution is 5.36. The maximum atomic E-state index is 12.4. The number of benzene rings is 1. The van der Waals surface area contributed by atoms with Crippen LogP contribution >= 0.6 is 0 Å². The minimum atomic E-state index is -2.88. The predicted molar refractivity (Wildman–Crippen MR) is 67.8 cm³/mol. The third-order valence-corrected chi connectivity index (χ3v) is 2.78. The van der Waals surface area contributed by atoms with Gasteiger partial charge in [0.2, 0.25) is 0 Å². The first kappa shape index (κ1) is 14.4. The van der Waals surface area contributed by atoms with Crippen LogP contribution in [-0.2, 0) is 13.5 Å². The molecule has 0 fully saturated rings. The van der Waals surface area contributed by atoms with Crippen LogP contribution in [0.15, 0.2) is 30.5 Å². The van der Waals surface area contributed by atoms with Crippen LogP contribution in [-0.4, -0.2) is 21.6 Å². The lowest BCUT2D eigenvalue weighted by Gasteiger charge is -2.18. The SMILES string of the molecule is Cn1cc(CC(NN)c2ccccc2OC(F)F)nn1. The molecule has 1 heterocycles. The summed E-state index contributed by atoms with van der Waals surface area (Å²) in [7, 11) is 1.75. The molecule has 2 aromatic rings. The molecule has 0 saturated heterocycles. The van der Waals surface area contributed by atoms with Crippen molar-refractivity contribution in [3.05, 3.63) is 41.7 Å². The van der Waals surface area contributed by atoms with E-state index in [0.717, 1.165) is 0 Å². The van der Waals surface area contributed by atoms with Crippen LogP contribution < -0.4 is 16.0 Å². The molecule has 1 unspecified atom stereocenters. The molecule has 0 aliphatic rings. The number of halogens is 2. The highest BCUT2D eigenvalue weighted by Gasteiger charge is 2.18. The summed E-state index contributed by atoms with van der Waals surface area (Å²) in [5.74, 6) is 5.60. The highest BCUT2D eigenvalue weighted by atomic mass is 19.3. The summed E-state index contributed by atoms with van der Waals surface area (Å²) in [6.07, 6.45) is 2.15. The first-order valence-corrected chi connectivity index (χ1v) is 5.95. The standard InChI is InChI=1S/C12H15F2N5O/c1-19-7-8(17-18-19)6-10(16-15)9-4-2-3-5-11(9)20-12(13)14/h2-5,7,10,12,16H,6,15H2,1H3. The fourth-order valence-corrected chi connectivity index (χ4v) is 1.93. The Balaban J connectivity index is 2.22. The van der Waals surface area contributed by atoms with Crippen LogP contribution in [0.25, 0.3) is 0 Å². The summed E-state index contributed by atoms with van der Waals surface area (Å²) in [4.78, 5) is 0. The second kappa shape index (κ2) is 6.40. The summed E-state index contributed by atoms with van der Waals surface area (Å²) in [5, 5.41) is 7.76. The van der Waals surface area contributed by atoms with Gasteiger partial charge in [-0.25, -0.2) is 0 Å². The third kappa shape index (κ3) is 3.49. The van der Waals surface area contributed by atoms with Crippen molar-refractivity contribution in [3.8, 4) is 5.75 Å². The molecular weight excluding hydrogens is 268 g/mol. The average molecular weight is 283 g/mol. The topological polar surface area (TPSA) is 78.0 Å². The number of hydrogen-bond acceptors (Lipinski definition) is 5. The molecule has 1 aromatic heterocycles. The number of nitrogens with two attached hydrogens (primary N) is 1. The van der Waals surface area contributed by atoms with Crippen molar-refractivity contribution in [2.45, 2.75) is 19.1 Å². The van der Waals surface area contributed by atoms with Gasteiger partial charge < -0.3 is 4.74 Å². The molecule has 20 heavy (non-hydrogen) atoms. The molecule has 6 nitrogen and oxygen atoms in total. The van der Waals surface area contributed by atoms with Gasteiger partial charge in [-0.1, -0.05) is 23.4 Å². The Labute approximate surface area is 114 Å². The van der Waals surface area contributed by atoms with Gasteiger partial charge >= 0.3 is 6.61 Å². The Morgan fingerprint density at radius 3 is 2.75 bits per heavy atom. The Morgan fingerprint density at radius 1 is 1.40 bits per heavy atom. The molecule has 0 bridgehead atoms. The molecule has 0 aliphatic carbocycles. The molecule has 0 aliphatic heterocycles. The summed E-state index contributed by atoms with van der Waals surface area (Å²) < 4.78 is 30.9. The van der Waals surface area contributed by atoms with E-state index in [1.165, 1.54) is 6.07 Å². The van der Waals surface area contributed by atoms with Crippen molar-refractivity contribution >= 4 is 0 Å². The zero-order valence-corrected chi connectivity index (χ0v) is 10.8. The molecule has 1 atom stereocenters. The van der Waals surface area contributed by atoms with Gasteiger partial charge in [-0.15, -0.1) is 5.10 Å². The van der Waals surface area contributed by atoms with Crippen LogP contribution in [0.3, 0.4) is 0 Å². The summed E-state index contributed by atoms with van der Waals surface area (Å²) in [6.45, 7) is -2.88. The second-order valence-electron chi connectivity index (χ2n) is 4.22. The Hall–Kier alpha value is -2.06. The van der Waals surface area contributed by atoms with Crippen LogP contribution in [0.4, 0.5) is 8.78 Å². The molecular formula is C12H15F2N5O. The summed E-state index contributed by atoms with van der Waals surface area (Å²) in [5.41, 5.74) is 3.83. The number of aromatic nitrogens is 3. The lowest BCUT2D eigenvalue weighted by molar-refractivity contribution is -0.0507. The van der Waals surface area contributed by atoms with Crippen LogP contribution in [0, 0.1) is 0 Å². The first-order chi connectivity index (χ1) is 9.60. The zero-order chi connectivity index (χ0) is 14.5. The second-order valence-corrected chi connectivity index (χ2v) is 4.22. The fraction of sp³-hybridized carbons (Fsp3) is 0.333. The fourth-order valence-electron chi connectivity index (χ4n) is 1.93. The molecule has 8 heteroatoms. The van der Waals surface area contributed by atoms with Gasteiger partial charge in [0.05, 0.1) is 11.7 Å². The lowest BCUT2D eigenvalue weighted by atomic mass is 10.0. The first-order valence-electron chi connectivity index (χ1n) is 5.95. The van der Waals surface area contributed by atoms with E-state index in [4.69, 9.17) is 5.84 Å². The lowest BCUT2D eigenvalue weighted by Crippen LogP contribution is -2.30. The Kier molecular flexibility index (Phi) is 4.59. The molecule has 0 saturated carbocycles. The molecule has 0 amide bonds. The number of rotatable bonds is 6. The van der Waals surface area contributed by atoms with Crippen LogP contribution in [0.1, 0.15) is 17.3 Å². The van der Waals surface area contributed by atoms with E-state index in [1.807, 2.05) is 0 Å². The van der Waals surface area contributed by atoms with Crippen molar-refractivity contribution in [2.75, 3.05) is 0 Å². The van der Waals surface area contributed by atoms with E-state index in [1.54, 1.807) is 36.1 Å². The van der Waals surface area contributed by atoms with Crippen molar-refractivity contribution in [1.82, 2.24) is 20.4 Å². The average Bonchev–Trinajstić information content (AvgIpc) is 2.82. The van der Waals surface area contributed by atoms with Crippen LogP contribution in [0.5, 0.6) is 5.75 Å². The number of nitrogens with one attached hydrogen (secondary N) is 1. The molecule has 0 radical (unpaired) electrons. The normalized spacial score (nSPS) is 12.7. The van der Waals surface area contributed by atoms with Crippen molar-refractivity contribution < 1.29 is 13.5 Å². The molecule has 108 valence electrons. The molecule has 0 spiro atoms. The number of hydrazine groups is 1. The van der Waals surface area contributed by atoms with Crippen molar-refractivity contribution in [2.24, 2.45) is 12.9 Å². The van der Waals surface area contributed by atoms with Crippen molar-refractivity contribution in [3.63, 3.8) is 0 Å². The monoisotopic (exact) mass is 283 g/mol. The van der Waals surface area contributed by atoms with Crippen molar-refractivity contribution in [1.29, 1.82) is 0 Å². The van der Waals surface area contributed by atoms with Crippen LogP contribution in [0.2, 0.25) is 0 Å². The smallest absolute Gasteiger partial charge is 0.387 e. The molecule has 2 rings (SSSR count). The third-order valence-electron chi connectivity index (χ3n) is 2.78. The maximum Gasteiger partial charge on any atom is 0.387 e. The minimum Gasteiger partial charge on any atom is -0.434 e. The number of nitrogens with zero attached hydrogens (tertiary/aromatic N) is 3.